The number of fused-ring (bicyclic) bond motifs is 1. The maximum atomic E-state index is 12.4. The highest BCUT2D eigenvalue weighted by atomic mass is 19.2. The summed E-state index contributed by atoms with van der Waals surface area (Å²) in [6.45, 7) is 4.52. The van der Waals surface area contributed by atoms with Crippen LogP contribution in [-0.2, 0) is 6.42 Å². The van der Waals surface area contributed by atoms with Gasteiger partial charge >= 0.3 is 0 Å². The average Bonchev–Trinajstić information content (AvgIpc) is 3.49. The predicted molar refractivity (Wildman–Crippen MR) is 157 cm³/mol. The van der Waals surface area contributed by atoms with Crippen LogP contribution in [-0.4, -0.2) is 54.6 Å². The number of hydrogen-bond acceptors (Lipinski definition) is 5. The summed E-state index contributed by atoms with van der Waals surface area (Å²) < 4.78 is 42.4. The van der Waals surface area contributed by atoms with Crippen LogP contribution < -0.4 is 15.6 Å². The first kappa shape index (κ1) is 31.9. The molecular weight excluding hydrogens is 545 g/mol. The first-order valence-electron chi connectivity index (χ1n) is 13.4. The van der Waals surface area contributed by atoms with Crippen molar-refractivity contribution >= 4 is 16.8 Å². The molecule has 5 rings (SSSR count). The number of ether oxygens (including phenoxy) is 1. The third-order valence-electron chi connectivity index (χ3n) is 6.34. The number of aromatic nitrogens is 2. The highest BCUT2D eigenvalue weighted by Gasteiger charge is 2.09. The second-order valence-corrected chi connectivity index (χ2v) is 9.38. The molecule has 42 heavy (non-hydrogen) atoms. The normalized spacial score (nSPS) is 12.2. The minimum atomic E-state index is -1.40. The van der Waals surface area contributed by atoms with Gasteiger partial charge in [0.05, 0.1) is 19.2 Å². The van der Waals surface area contributed by atoms with E-state index in [0.29, 0.717) is 12.0 Å². The number of carbonyl (C=O) groups excluding carboxylic acids is 1. The number of halogens is 3. The maximum absolute atomic E-state index is 12.4. The number of rotatable bonds is 4. The summed E-state index contributed by atoms with van der Waals surface area (Å²) in [5.41, 5.74) is 1.70. The van der Waals surface area contributed by atoms with Crippen LogP contribution in [0.4, 0.5) is 13.2 Å². The van der Waals surface area contributed by atoms with Gasteiger partial charge in [-0.2, -0.15) is 0 Å². The number of H-pyrrole nitrogens is 1. The molecule has 0 atom stereocenters. The van der Waals surface area contributed by atoms with Crippen molar-refractivity contribution in [2.45, 2.75) is 26.2 Å². The number of pyridine rings is 2. The number of aryl methyl sites for hydroxylation is 1. The molecule has 7 nitrogen and oxygen atoms in total. The zero-order valence-corrected chi connectivity index (χ0v) is 23.8. The summed E-state index contributed by atoms with van der Waals surface area (Å²) in [4.78, 5) is 32.5. The van der Waals surface area contributed by atoms with Gasteiger partial charge in [-0.1, -0.05) is 18.8 Å². The van der Waals surface area contributed by atoms with Gasteiger partial charge in [-0.05, 0) is 93.5 Å². The summed E-state index contributed by atoms with van der Waals surface area (Å²) in [5, 5.41) is 3.47. The number of aromatic amines is 1. The smallest absolute Gasteiger partial charge is 0.260 e. The Morgan fingerprint density at radius 1 is 1.10 bits per heavy atom. The van der Waals surface area contributed by atoms with E-state index in [-0.39, 0.29) is 12.1 Å². The van der Waals surface area contributed by atoms with Crippen LogP contribution in [0.15, 0.2) is 65.7 Å². The SMILES string of the molecule is CCc1cc(F)c(F)c(F)c1.CN1CCCC1.COc1ccnc2ccc(C#CCNC(=O)c3ccc[nH]c3=O)cc12. The number of nitrogens with zero attached hydrogens (tertiary/aromatic N) is 2. The van der Waals surface area contributed by atoms with Gasteiger partial charge in [0.1, 0.15) is 11.3 Å². The molecule has 0 saturated carbocycles. The van der Waals surface area contributed by atoms with Gasteiger partial charge in [0.25, 0.3) is 11.5 Å². The van der Waals surface area contributed by atoms with E-state index < -0.39 is 28.9 Å². The molecule has 220 valence electrons. The maximum Gasteiger partial charge on any atom is 0.260 e. The fourth-order valence-corrected chi connectivity index (χ4v) is 4.03. The number of nitrogens with one attached hydrogen (secondary N) is 2. The Morgan fingerprint density at radius 3 is 2.40 bits per heavy atom. The molecule has 2 aromatic heterocycles. The van der Waals surface area contributed by atoms with Crippen molar-refractivity contribution in [3.05, 3.63) is 105 Å². The quantitative estimate of drug-likeness (QED) is 0.260. The van der Waals surface area contributed by atoms with E-state index in [0.717, 1.165) is 34.3 Å². The summed E-state index contributed by atoms with van der Waals surface area (Å²) in [6.07, 6.45) is 6.48. The molecule has 4 aromatic rings. The number of benzene rings is 2. The predicted octanol–water partition coefficient (Wildman–Crippen LogP) is 5.09. The molecule has 1 aliphatic rings. The Labute approximate surface area is 242 Å². The zero-order valence-electron chi connectivity index (χ0n) is 23.8. The second kappa shape index (κ2) is 16.0. The van der Waals surface area contributed by atoms with Crippen molar-refractivity contribution in [2.75, 3.05) is 33.8 Å². The van der Waals surface area contributed by atoms with Crippen LogP contribution in [0.5, 0.6) is 5.75 Å². The number of likely N-dealkylation sites (tertiary alicyclic amines) is 1. The molecule has 2 N–H and O–H groups in total. The minimum absolute atomic E-state index is 0.0609. The lowest BCUT2D eigenvalue weighted by Crippen LogP contribution is -2.29. The van der Waals surface area contributed by atoms with E-state index in [1.807, 2.05) is 18.2 Å². The lowest BCUT2D eigenvalue weighted by Gasteiger charge is -2.04. The first-order valence-corrected chi connectivity index (χ1v) is 13.4. The van der Waals surface area contributed by atoms with Gasteiger partial charge in [0.15, 0.2) is 17.5 Å². The Balaban J connectivity index is 0.000000232. The fraction of sp³-hybridized carbons (Fsp3) is 0.281. The van der Waals surface area contributed by atoms with Crippen molar-refractivity contribution in [2.24, 2.45) is 0 Å². The largest absolute Gasteiger partial charge is 0.496 e. The van der Waals surface area contributed by atoms with E-state index in [4.69, 9.17) is 4.74 Å². The summed E-state index contributed by atoms with van der Waals surface area (Å²) in [6, 6.07) is 12.4. The molecule has 1 saturated heterocycles. The van der Waals surface area contributed by atoms with Crippen LogP contribution in [0.3, 0.4) is 0 Å². The molecular formula is C32H33F3N4O3. The van der Waals surface area contributed by atoms with Crippen LogP contribution >= 0.6 is 0 Å². The fourth-order valence-electron chi connectivity index (χ4n) is 4.03. The molecule has 1 aliphatic heterocycles. The van der Waals surface area contributed by atoms with Gasteiger partial charge in [-0.15, -0.1) is 0 Å². The molecule has 0 unspecified atom stereocenters. The molecule has 2 aromatic carbocycles. The molecule has 0 spiro atoms. The van der Waals surface area contributed by atoms with Crippen molar-refractivity contribution < 1.29 is 22.7 Å². The summed E-state index contributed by atoms with van der Waals surface area (Å²) in [5.74, 6) is 2.47. The van der Waals surface area contributed by atoms with E-state index >= 15 is 0 Å². The molecule has 0 aliphatic carbocycles. The number of amides is 1. The third-order valence-corrected chi connectivity index (χ3v) is 6.34. The van der Waals surface area contributed by atoms with Crippen LogP contribution in [0.25, 0.3) is 10.9 Å². The van der Waals surface area contributed by atoms with E-state index in [1.54, 1.807) is 32.4 Å². The third kappa shape index (κ3) is 9.21. The molecule has 1 fully saturated rings. The van der Waals surface area contributed by atoms with Crippen molar-refractivity contribution in [1.29, 1.82) is 0 Å². The molecule has 0 radical (unpaired) electrons. The Kier molecular flexibility index (Phi) is 12.1. The lowest BCUT2D eigenvalue weighted by molar-refractivity contribution is 0.0957. The van der Waals surface area contributed by atoms with Gasteiger partial charge in [0.2, 0.25) is 0 Å². The lowest BCUT2D eigenvalue weighted by atomic mass is 10.1. The molecule has 1 amide bonds. The number of hydrogen-bond donors (Lipinski definition) is 2. The Morgan fingerprint density at radius 2 is 1.81 bits per heavy atom. The topological polar surface area (TPSA) is 87.3 Å². The Hall–Kier alpha value is -4.62. The zero-order chi connectivity index (χ0) is 30.5. The van der Waals surface area contributed by atoms with Gasteiger partial charge < -0.3 is 19.9 Å². The van der Waals surface area contributed by atoms with Gasteiger partial charge in [-0.25, -0.2) is 13.2 Å². The molecule has 3 heterocycles. The first-order chi connectivity index (χ1) is 20.2. The Bertz CT molecular complexity index is 1600. The molecule has 0 bridgehead atoms. The van der Waals surface area contributed by atoms with E-state index in [9.17, 15) is 22.8 Å². The van der Waals surface area contributed by atoms with Crippen LogP contribution in [0.1, 0.15) is 41.3 Å². The van der Waals surface area contributed by atoms with Crippen molar-refractivity contribution in [3.8, 4) is 17.6 Å². The summed E-state index contributed by atoms with van der Waals surface area (Å²) >= 11 is 0. The number of methoxy groups -OCH3 is 1. The average molecular weight is 579 g/mol. The van der Waals surface area contributed by atoms with Crippen LogP contribution in [0.2, 0.25) is 0 Å². The van der Waals surface area contributed by atoms with Crippen molar-refractivity contribution in [3.63, 3.8) is 0 Å². The van der Waals surface area contributed by atoms with E-state index in [2.05, 4.69) is 39.1 Å². The van der Waals surface area contributed by atoms with Gasteiger partial charge in [-0.3, -0.25) is 14.6 Å². The van der Waals surface area contributed by atoms with Gasteiger partial charge in [0, 0.05) is 23.3 Å². The van der Waals surface area contributed by atoms with E-state index in [1.165, 1.54) is 38.2 Å². The van der Waals surface area contributed by atoms with Crippen molar-refractivity contribution in [1.82, 2.24) is 20.2 Å². The monoisotopic (exact) mass is 578 g/mol. The highest BCUT2D eigenvalue weighted by Crippen LogP contribution is 2.24. The standard InChI is InChI=1S/C19H15N3O3.C8H7F3.C5H11N/c1-25-17-8-11-20-16-7-6-13(12-15(16)17)4-2-9-21-18(23)14-5-3-10-22-19(14)24;1-2-5-3-6(9)8(11)7(10)4-5;1-6-4-2-3-5-6/h3,5-8,10-12H,9H2,1H3,(H,21,23)(H,22,24);3-4H,2H2,1H3;2-5H2,1H3. The van der Waals surface area contributed by atoms with Crippen LogP contribution in [0, 0.1) is 29.3 Å². The minimum Gasteiger partial charge on any atom is -0.496 e. The highest BCUT2D eigenvalue weighted by molar-refractivity contribution is 5.93. The second-order valence-electron chi connectivity index (χ2n) is 9.38. The number of carbonyl (C=O) groups is 1. The summed E-state index contributed by atoms with van der Waals surface area (Å²) in [7, 11) is 3.78. The molecule has 10 heteroatoms.